The molecule has 6 heterocycles. The van der Waals surface area contributed by atoms with Crippen LogP contribution in [0.1, 0.15) is 96.9 Å². The van der Waals surface area contributed by atoms with Crippen LogP contribution < -0.4 is 26.0 Å². The Kier molecular flexibility index (Phi) is 14.1. The van der Waals surface area contributed by atoms with Crippen LogP contribution >= 0.6 is 34.5 Å². The maximum Gasteiger partial charge on any atom is 0.226 e. The third-order valence-electron chi connectivity index (χ3n) is 15.5. The van der Waals surface area contributed by atoms with Crippen molar-refractivity contribution in [2.24, 2.45) is 23.2 Å². The first-order chi connectivity index (χ1) is 33.8. The van der Waals surface area contributed by atoms with Gasteiger partial charge in [-0.1, -0.05) is 63.2 Å². The number of fused-ring (bicyclic) bond motifs is 3. The smallest absolute Gasteiger partial charge is 0.226 e. The van der Waals surface area contributed by atoms with Crippen molar-refractivity contribution in [1.82, 2.24) is 29.9 Å². The van der Waals surface area contributed by atoms with Crippen molar-refractivity contribution in [3.05, 3.63) is 52.0 Å². The fraction of sp³-hybridized carbons (Fsp3) is 0.569. The van der Waals surface area contributed by atoms with E-state index < -0.39 is 29.7 Å². The number of ether oxygens (including phenoxy) is 2. The van der Waals surface area contributed by atoms with Gasteiger partial charge in [0, 0.05) is 66.9 Å². The largest absolute Gasteiger partial charge is 0.487 e. The Morgan fingerprint density at radius 2 is 1.66 bits per heavy atom. The molecule has 1 aromatic carbocycles. The zero-order valence-electron chi connectivity index (χ0n) is 40.4. The maximum atomic E-state index is 12.1. The number of nitrogens with one attached hydrogen (secondary N) is 4. The van der Waals surface area contributed by atoms with E-state index in [1.165, 1.54) is 11.3 Å². The van der Waals surface area contributed by atoms with Crippen LogP contribution in [0.15, 0.2) is 34.7 Å². The molecule has 1 aliphatic heterocycles. The quantitative estimate of drug-likeness (QED) is 0.0297. The van der Waals surface area contributed by atoms with Crippen molar-refractivity contribution >= 4 is 79.3 Å². The first-order valence-electron chi connectivity index (χ1n) is 25.0. The molecule has 70 heavy (non-hydrogen) atoms. The molecular weight excluding hydrogens is 952 g/mol. The lowest BCUT2D eigenvalue weighted by Gasteiger charge is -2.35. The molecule has 19 heteroatoms. The monoisotopic (exact) mass is 1010 g/mol. The van der Waals surface area contributed by atoms with Gasteiger partial charge in [0.05, 0.1) is 39.2 Å². The average molecular weight is 1020 g/mol. The number of anilines is 4. The molecule has 0 bridgehead atoms. The molecular formula is C51H64Cl2N10O6S. The van der Waals surface area contributed by atoms with Crippen molar-refractivity contribution in [3.8, 4) is 27.6 Å². The van der Waals surface area contributed by atoms with Gasteiger partial charge in [-0.15, -0.1) is 11.3 Å². The molecule has 4 fully saturated rings. The summed E-state index contributed by atoms with van der Waals surface area (Å²) in [5.41, 5.74) is 3.39. The van der Waals surface area contributed by atoms with Gasteiger partial charge >= 0.3 is 0 Å². The van der Waals surface area contributed by atoms with Crippen molar-refractivity contribution in [2.75, 3.05) is 54.2 Å². The Morgan fingerprint density at radius 1 is 0.886 bits per heavy atom. The Morgan fingerprint density at radius 3 is 2.40 bits per heavy atom. The molecule has 4 aliphatic rings. The standard InChI is InChI=1S/C51H64Cl2N10O6S/c1-6-8-9-17-54-48-59-43(52)37(35-22-28-20-30(10-7-2)56-26(3)40(28)69-35)45(61-48)57-34-21-29(25-64)41(39(34)65)68-31-11-12-36-33(23-31)58-47(70-36)38-44(53)60-49(55-24-27-14-18-67-19-15-27)62-46(38)63-50(4)16-13-32-42(66)51(32,50)5/h11-12,20,22-23,27,29,32,34,39,41-42,64-66H,6-10,13-19,21,24-25H2,1-5H3,(H2,54,57,59,61)(H2,55,60,62,63). The van der Waals surface area contributed by atoms with Crippen molar-refractivity contribution in [3.63, 3.8) is 0 Å². The molecule has 8 unspecified atom stereocenters. The second-order valence-electron chi connectivity index (χ2n) is 20.2. The lowest BCUT2D eigenvalue weighted by Crippen LogP contribution is -2.43. The highest BCUT2D eigenvalue weighted by atomic mass is 35.5. The molecule has 0 amide bonds. The molecule has 10 rings (SSSR count). The van der Waals surface area contributed by atoms with E-state index in [2.05, 4.69) is 53.9 Å². The maximum absolute atomic E-state index is 12.1. The molecule has 374 valence electrons. The predicted molar refractivity (Wildman–Crippen MR) is 276 cm³/mol. The summed E-state index contributed by atoms with van der Waals surface area (Å²) in [7, 11) is 0. The normalized spacial score (nSPS) is 26.5. The Bertz CT molecular complexity index is 2860. The van der Waals surface area contributed by atoms with Crippen LogP contribution in [0.5, 0.6) is 5.75 Å². The Hall–Kier alpha value is -4.62. The van der Waals surface area contributed by atoms with Crippen LogP contribution in [-0.4, -0.2) is 108 Å². The van der Waals surface area contributed by atoms with E-state index in [9.17, 15) is 15.3 Å². The fourth-order valence-electron chi connectivity index (χ4n) is 11.1. The van der Waals surface area contributed by atoms with Crippen LogP contribution in [-0.2, 0) is 11.2 Å². The first kappa shape index (κ1) is 49.0. The molecule has 3 saturated carbocycles. The highest BCUT2D eigenvalue weighted by Crippen LogP contribution is 2.68. The van der Waals surface area contributed by atoms with E-state index in [0.717, 1.165) is 92.5 Å². The number of halogens is 2. The van der Waals surface area contributed by atoms with E-state index in [-0.39, 0.29) is 34.3 Å². The summed E-state index contributed by atoms with van der Waals surface area (Å²) in [4.78, 5) is 29.1. The van der Waals surface area contributed by atoms with Crippen molar-refractivity contribution in [2.45, 2.75) is 129 Å². The molecule has 1 saturated heterocycles. The summed E-state index contributed by atoms with van der Waals surface area (Å²) < 4.78 is 19.5. The van der Waals surface area contributed by atoms with Crippen molar-refractivity contribution < 1.29 is 29.2 Å². The Balaban J connectivity index is 0.916. The molecule has 7 N–H and O–H groups in total. The minimum atomic E-state index is -1.06. The number of hydrogen-bond acceptors (Lipinski definition) is 17. The number of aryl methyl sites for hydroxylation is 2. The second kappa shape index (κ2) is 20.1. The molecule has 8 atom stereocenters. The van der Waals surface area contributed by atoms with Crippen LogP contribution in [0.3, 0.4) is 0 Å². The number of thiazole rings is 1. The number of aromatic nitrogens is 6. The summed E-state index contributed by atoms with van der Waals surface area (Å²) in [5, 5.41) is 49.7. The van der Waals surface area contributed by atoms with E-state index >= 15 is 0 Å². The minimum absolute atomic E-state index is 0.190. The minimum Gasteiger partial charge on any atom is -0.487 e. The predicted octanol–water partition coefficient (Wildman–Crippen LogP) is 9.92. The van der Waals surface area contributed by atoms with Gasteiger partial charge in [-0.25, -0.2) is 15.0 Å². The zero-order valence-corrected chi connectivity index (χ0v) is 42.8. The van der Waals surface area contributed by atoms with Crippen LogP contribution in [0.4, 0.5) is 23.5 Å². The number of aliphatic hydroxyl groups is 3. The summed E-state index contributed by atoms with van der Waals surface area (Å²) in [6.45, 7) is 13.2. The number of unbranched alkanes of at least 4 members (excludes halogenated alkanes) is 2. The number of pyridine rings is 1. The number of benzene rings is 1. The highest BCUT2D eigenvalue weighted by Gasteiger charge is 2.73. The summed E-state index contributed by atoms with van der Waals surface area (Å²) in [5.74, 6) is 2.94. The number of nitrogens with zero attached hydrogens (tertiary/aromatic N) is 6. The van der Waals surface area contributed by atoms with Crippen molar-refractivity contribution in [1.29, 1.82) is 0 Å². The number of aliphatic hydroxyl groups excluding tert-OH is 3. The molecule has 0 spiro atoms. The number of furan rings is 1. The number of hydrogen-bond donors (Lipinski definition) is 7. The first-order valence-corrected chi connectivity index (χ1v) is 26.6. The third-order valence-corrected chi connectivity index (χ3v) is 17.1. The molecule has 3 aliphatic carbocycles. The Labute approximate surface area is 422 Å². The van der Waals surface area contributed by atoms with E-state index in [1.54, 1.807) is 0 Å². The molecule has 6 aromatic rings. The van der Waals surface area contributed by atoms with Gasteiger partial charge in [-0.05, 0) is 94.9 Å². The van der Waals surface area contributed by atoms with Gasteiger partial charge < -0.3 is 50.5 Å². The van der Waals surface area contributed by atoms with Crippen LogP contribution in [0, 0.1) is 30.1 Å². The van der Waals surface area contributed by atoms with Gasteiger partial charge in [-0.2, -0.15) is 9.97 Å². The summed E-state index contributed by atoms with van der Waals surface area (Å²) in [6.07, 6.45) is 6.76. The average Bonchev–Trinajstić information content (AvgIpc) is 3.86. The second-order valence-corrected chi connectivity index (χ2v) is 21.9. The lowest BCUT2D eigenvalue weighted by molar-refractivity contribution is 0.0213. The SMILES string of the molecule is CCCCCNc1nc(Cl)c(-c2cc3cc(CCC)nc(C)c3o2)c(NC2CC(CO)C(Oc3ccc4sc(-c5c(Cl)nc(NCC6CCOCC6)nc5NC5(C)CCC6C(O)C65C)nc4c3)C2O)n1. The van der Waals surface area contributed by atoms with E-state index in [0.29, 0.717) is 87.7 Å². The van der Waals surface area contributed by atoms with E-state index in [4.69, 9.17) is 62.0 Å². The fourth-order valence-corrected chi connectivity index (χ4v) is 12.7. The van der Waals surface area contributed by atoms with Gasteiger partial charge in [0.25, 0.3) is 0 Å². The van der Waals surface area contributed by atoms with Gasteiger partial charge in [-0.3, -0.25) is 4.98 Å². The topological polar surface area (TPSA) is 218 Å². The van der Waals surface area contributed by atoms with E-state index in [1.807, 2.05) is 37.3 Å². The summed E-state index contributed by atoms with van der Waals surface area (Å²) >= 11 is 15.6. The highest BCUT2D eigenvalue weighted by molar-refractivity contribution is 7.21. The van der Waals surface area contributed by atoms with Gasteiger partial charge in [0.1, 0.15) is 50.7 Å². The van der Waals surface area contributed by atoms with Gasteiger partial charge in [0.15, 0.2) is 5.58 Å². The third kappa shape index (κ3) is 9.35. The number of rotatable bonds is 19. The zero-order chi connectivity index (χ0) is 48.9. The molecule has 16 nitrogen and oxygen atoms in total. The van der Waals surface area contributed by atoms with Crippen LogP contribution in [0.25, 0.3) is 43.1 Å². The molecule has 0 radical (unpaired) electrons. The van der Waals surface area contributed by atoms with Crippen LogP contribution in [0.2, 0.25) is 10.3 Å². The lowest BCUT2D eigenvalue weighted by atomic mass is 9.84. The molecule has 5 aromatic heterocycles. The van der Waals surface area contributed by atoms with Gasteiger partial charge in [0.2, 0.25) is 11.9 Å². The summed E-state index contributed by atoms with van der Waals surface area (Å²) in [6, 6.07) is 9.02.